The predicted molar refractivity (Wildman–Crippen MR) is 145 cm³/mol. The molecule has 2 N–H and O–H groups in total. The zero-order valence-electron chi connectivity index (χ0n) is 24.5. The lowest BCUT2D eigenvalue weighted by molar-refractivity contribution is -0.155. The van der Waals surface area contributed by atoms with E-state index in [2.05, 4.69) is 0 Å². The molecule has 1 aromatic carbocycles. The largest absolute Gasteiger partial charge is 0.508 e. The molecule has 0 spiro atoms. The van der Waals surface area contributed by atoms with Gasteiger partial charge in [0.1, 0.15) is 18.2 Å². The number of hydrogen-bond acceptors (Lipinski definition) is 10. The van der Waals surface area contributed by atoms with Crippen molar-refractivity contribution in [2.45, 2.75) is 112 Å². The molecule has 0 heterocycles. The standard InChI is InChI=1S/C29H45NO9/c1-9-18(5)13-26(31)38-24-12-11-22(16-25(24)39-27(32)14-19(6)10-2)15-23(30)28(33)36-20(7)21(8)37-29(34)35-17(3)4/h11-12,16-21,23H,9-10,13-15,30H2,1-8H3/t18?,19?,20-,21?,23-/m0/s1. The average Bonchev–Trinajstić information content (AvgIpc) is 2.84. The SMILES string of the molecule is CCC(C)CC(=O)Oc1ccc(C[C@H](N)C(=O)O[C@@H](C)C(C)OC(=O)OC(C)C)cc1OC(=O)CC(C)CC. The summed E-state index contributed by atoms with van der Waals surface area (Å²) in [6.45, 7) is 14.4. The fraction of sp³-hybridized carbons (Fsp3) is 0.655. The third kappa shape index (κ3) is 13.0. The van der Waals surface area contributed by atoms with Crippen LogP contribution in [0, 0.1) is 11.8 Å². The molecular formula is C29H45NO9. The first-order valence-corrected chi connectivity index (χ1v) is 13.6. The van der Waals surface area contributed by atoms with Crippen molar-refractivity contribution < 1.29 is 42.9 Å². The Balaban J connectivity index is 2.95. The molecule has 0 fully saturated rings. The van der Waals surface area contributed by atoms with Gasteiger partial charge in [0, 0.05) is 12.8 Å². The van der Waals surface area contributed by atoms with Crippen LogP contribution in [0.1, 0.15) is 86.6 Å². The first kappa shape index (κ1) is 33.9. The number of ether oxygens (including phenoxy) is 5. The van der Waals surface area contributed by atoms with Gasteiger partial charge in [-0.2, -0.15) is 0 Å². The van der Waals surface area contributed by atoms with E-state index >= 15 is 0 Å². The molecule has 0 radical (unpaired) electrons. The number of nitrogens with two attached hydrogens (primary N) is 1. The van der Waals surface area contributed by atoms with Crippen LogP contribution < -0.4 is 15.2 Å². The minimum atomic E-state index is -1.05. The number of esters is 3. The van der Waals surface area contributed by atoms with Crippen molar-refractivity contribution in [2.24, 2.45) is 17.6 Å². The van der Waals surface area contributed by atoms with E-state index in [9.17, 15) is 19.2 Å². The molecule has 0 saturated heterocycles. The highest BCUT2D eigenvalue weighted by molar-refractivity contribution is 5.77. The topological polar surface area (TPSA) is 140 Å². The first-order valence-electron chi connectivity index (χ1n) is 13.6. The van der Waals surface area contributed by atoms with Crippen LogP contribution in [0.25, 0.3) is 0 Å². The van der Waals surface area contributed by atoms with E-state index in [1.54, 1.807) is 33.8 Å². The third-order valence-electron chi connectivity index (χ3n) is 6.22. The van der Waals surface area contributed by atoms with Crippen molar-refractivity contribution in [1.82, 2.24) is 0 Å². The monoisotopic (exact) mass is 551 g/mol. The van der Waals surface area contributed by atoms with Crippen molar-refractivity contribution in [1.29, 1.82) is 0 Å². The van der Waals surface area contributed by atoms with Crippen molar-refractivity contribution in [3.63, 3.8) is 0 Å². The number of carbonyl (C=O) groups is 4. The molecule has 0 aliphatic carbocycles. The fourth-order valence-corrected chi connectivity index (χ4v) is 3.20. The second kappa shape index (κ2) is 16.7. The average molecular weight is 552 g/mol. The fourth-order valence-electron chi connectivity index (χ4n) is 3.20. The van der Waals surface area contributed by atoms with Gasteiger partial charge in [-0.25, -0.2) is 4.79 Å². The molecular weight excluding hydrogens is 506 g/mol. The Bertz CT molecular complexity index is 962. The van der Waals surface area contributed by atoms with Gasteiger partial charge in [-0.15, -0.1) is 0 Å². The zero-order valence-corrected chi connectivity index (χ0v) is 24.5. The summed E-state index contributed by atoms with van der Waals surface area (Å²) >= 11 is 0. The Kier molecular flexibility index (Phi) is 14.5. The maximum absolute atomic E-state index is 12.6. The molecule has 0 aliphatic rings. The van der Waals surface area contributed by atoms with E-state index in [0.717, 1.165) is 12.8 Å². The van der Waals surface area contributed by atoms with Crippen molar-refractivity contribution in [3.8, 4) is 11.5 Å². The summed E-state index contributed by atoms with van der Waals surface area (Å²) < 4.78 is 26.5. The predicted octanol–water partition coefficient (Wildman–Crippen LogP) is 5.12. The van der Waals surface area contributed by atoms with Gasteiger partial charge >= 0.3 is 24.1 Å². The highest BCUT2D eigenvalue weighted by atomic mass is 16.7. The van der Waals surface area contributed by atoms with Gasteiger partial charge in [-0.05, 0) is 63.6 Å². The lowest BCUT2D eigenvalue weighted by Gasteiger charge is -2.22. The Morgan fingerprint density at radius 2 is 1.26 bits per heavy atom. The normalized spacial score (nSPS) is 14.9. The summed E-state index contributed by atoms with van der Waals surface area (Å²) in [4.78, 5) is 49.2. The third-order valence-corrected chi connectivity index (χ3v) is 6.22. The van der Waals surface area contributed by atoms with Crippen LogP contribution in [-0.2, 0) is 35.0 Å². The van der Waals surface area contributed by atoms with Crippen LogP contribution in [0.4, 0.5) is 4.79 Å². The maximum Gasteiger partial charge on any atom is 0.508 e. The van der Waals surface area contributed by atoms with Crippen LogP contribution in [0.2, 0.25) is 0 Å². The molecule has 3 unspecified atom stereocenters. The number of benzene rings is 1. The van der Waals surface area contributed by atoms with E-state index in [4.69, 9.17) is 29.4 Å². The van der Waals surface area contributed by atoms with E-state index in [-0.39, 0.29) is 48.7 Å². The second-order valence-corrected chi connectivity index (χ2v) is 10.4. The lowest BCUT2D eigenvalue weighted by Crippen LogP contribution is -2.39. The van der Waals surface area contributed by atoms with Crippen LogP contribution in [0.3, 0.4) is 0 Å². The van der Waals surface area contributed by atoms with Crippen molar-refractivity contribution >= 4 is 24.1 Å². The van der Waals surface area contributed by atoms with Gasteiger partial charge in [0.15, 0.2) is 11.5 Å². The molecule has 5 atom stereocenters. The van der Waals surface area contributed by atoms with Gasteiger partial charge in [0.25, 0.3) is 0 Å². The zero-order chi connectivity index (χ0) is 29.7. The summed E-state index contributed by atoms with van der Waals surface area (Å²) in [6.07, 6.45) is -0.599. The molecule has 10 nitrogen and oxygen atoms in total. The summed E-state index contributed by atoms with van der Waals surface area (Å²) in [5.41, 5.74) is 6.66. The molecule has 1 rings (SSSR count). The van der Waals surface area contributed by atoms with E-state index in [1.807, 2.05) is 27.7 Å². The number of hydrogen-bond donors (Lipinski definition) is 1. The highest BCUT2D eigenvalue weighted by Crippen LogP contribution is 2.30. The Morgan fingerprint density at radius 1 is 0.744 bits per heavy atom. The molecule has 220 valence electrons. The first-order chi connectivity index (χ1) is 18.2. The molecule has 0 amide bonds. The van der Waals surface area contributed by atoms with Crippen LogP contribution in [0.5, 0.6) is 11.5 Å². The van der Waals surface area contributed by atoms with E-state index < -0.39 is 42.3 Å². The molecule has 1 aromatic rings. The number of carbonyl (C=O) groups excluding carboxylic acids is 4. The Hall–Kier alpha value is -3.14. The van der Waals surface area contributed by atoms with Crippen molar-refractivity contribution in [3.05, 3.63) is 23.8 Å². The molecule has 10 heteroatoms. The smallest absolute Gasteiger partial charge is 0.458 e. The molecule has 39 heavy (non-hydrogen) atoms. The lowest BCUT2D eigenvalue weighted by atomic mass is 10.0. The molecule has 0 bridgehead atoms. The van der Waals surface area contributed by atoms with Crippen LogP contribution in [0.15, 0.2) is 18.2 Å². The quantitative estimate of drug-likeness (QED) is 0.231. The molecule has 0 aliphatic heterocycles. The number of rotatable bonds is 15. The highest BCUT2D eigenvalue weighted by Gasteiger charge is 2.26. The minimum absolute atomic E-state index is 0.0627. The Labute approximate surface area is 231 Å². The van der Waals surface area contributed by atoms with Gasteiger partial charge in [0.05, 0.1) is 6.10 Å². The summed E-state index contributed by atoms with van der Waals surface area (Å²) in [6, 6.07) is 3.64. The van der Waals surface area contributed by atoms with Gasteiger partial charge in [-0.1, -0.05) is 46.6 Å². The van der Waals surface area contributed by atoms with E-state index in [1.165, 1.54) is 12.1 Å². The second-order valence-electron chi connectivity index (χ2n) is 10.4. The summed E-state index contributed by atoms with van der Waals surface area (Å²) in [7, 11) is 0. The minimum Gasteiger partial charge on any atom is -0.458 e. The molecule has 0 aromatic heterocycles. The maximum atomic E-state index is 12.6. The van der Waals surface area contributed by atoms with Gasteiger partial charge in [-0.3, -0.25) is 14.4 Å². The van der Waals surface area contributed by atoms with E-state index in [0.29, 0.717) is 5.56 Å². The van der Waals surface area contributed by atoms with Crippen LogP contribution in [-0.4, -0.2) is 48.4 Å². The molecule has 0 saturated carbocycles. The van der Waals surface area contributed by atoms with Gasteiger partial charge in [0.2, 0.25) is 0 Å². The van der Waals surface area contributed by atoms with Gasteiger partial charge < -0.3 is 29.4 Å². The summed E-state index contributed by atoms with van der Waals surface area (Å²) in [5.74, 6) is -1.11. The van der Waals surface area contributed by atoms with Crippen LogP contribution >= 0.6 is 0 Å². The summed E-state index contributed by atoms with van der Waals surface area (Å²) in [5, 5.41) is 0. The Morgan fingerprint density at radius 3 is 1.77 bits per heavy atom. The van der Waals surface area contributed by atoms with Crippen molar-refractivity contribution in [2.75, 3.05) is 0 Å².